The van der Waals surface area contributed by atoms with E-state index in [-0.39, 0.29) is 5.91 Å². The molecule has 1 aromatic rings. The fourth-order valence-corrected chi connectivity index (χ4v) is 2.81. The molecule has 0 unspecified atom stereocenters. The first kappa shape index (κ1) is 20.5. The Kier molecular flexibility index (Phi) is 7.87. The fraction of sp³-hybridized carbons (Fsp3) is 0.476. The van der Waals surface area contributed by atoms with E-state index in [2.05, 4.69) is 11.4 Å². The highest BCUT2D eigenvalue weighted by molar-refractivity contribution is 5.84. The molecule has 2 rings (SSSR count). The second-order valence-electron chi connectivity index (χ2n) is 6.62. The predicted molar refractivity (Wildman–Crippen MR) is 101 cm³/mol. The van der Waals surface area contributed by atoms with Gasteiger partial charge in [0.1, 0.15) is 5.75 Å². The van der Waals surface area contributed by atoms with Gasteiger partial charge in [-0.3, -0.25) is 4.79 Å². The minimum absolute atomic E-state index is 0.315. The van der Waals surface area contributed by atoms with Gasteiger partial charge in [0.2, 0.25) is 0 Å². The summed E-state index contributed by atoms with van der Waals surface area (Å²) in [5.74, 6) is -0.473. The van der Waals surface area contributed by atoms with Crippen molar-refractivity contribution in [2.24, 2.45) is 0 Å². The molecule has 0 saturated heterocycles. The second-order valence-corrected chi connectivity index (χ2v) is 6.62. The molecule has 0 spiro atoms. The third kappa shape index (κ3) is 6.78. The summed E-state index contributed by atoms with van der Waals surface area (Å²) >= 11 is 0. The van der Waals surface area contributed by atoms with Gasteiger partial charge in [-0.15, -0.1) is 0 Å². The van der Waals surface area contributed by atoms with Gasteiger partial charge in [-0.25, -0.2) is 4.79 Å². The Morgan fingerprint density at radius 2 is 1.93 bits per heavy atom. The summed E-state index contributed by atoms with van der Waals surface area (Å²) in [6, 6.07) is 8.44. The topological polar surface area (TPSA) is 88.4 Å². The zero-order valence-electron chi connectivity index (χ0n) is 15.9. The molecule has 6 nitrogen and oxygen atoms in total. The summed E-state index contributed by atoms with van der Waals surface area (Å²) in [4.78, 5) is 24.2. The smallest absolute Gasteiger partial charge is 0.347 e. The average molecular weight is 370 g/mol. The minimum atomic E-state index is -0.884. The van der Waals surface area contributed by atoms with Crippen LogP contribution in [0.3, 0.4) is 0 Å². The Morgan fingerprint density at radius 1 is 1.19 bits per heavy atom. The molecule has 1 N–H and O–H groups in total. The second kappa shape index (κ2) is 10.4. The number of rotatable bonds is 8. The molecule has 0 aliphatic heterocycles. The van der Waals surface area contributed by atoms with Gasteiger partial charge in [0.15, 0.2) is 12.2 Å². The Morgan fingerprint density at radius 3 is 2.56 bits per heavy atom. The van der Waals surface area contributed by atoms with Crippen LogP contribution in [0.15, 0.2) is 35.9 Å². The van der Waals surface area contributed by atoms with E-state index >= 15 is 0 Å². The van der Waals surface area contributed by atoms with E-state index < -0.39 is 18.2 Å². The number of esters is 1. The van der Waals surface area contributed by atoms with E-state index in [0.717, 1.165) is 19.3 Å². The van der Waals surface area contributed by atoms with E-state index in [1.54, 1.807) is 38.1 Å². The molecular weight excluding hydrogens is 344 g/mol. The molecule has 6 heteroatoms. The zero-order valence-corrected chi connectivity index (χ0v) is 15.9. The maximum Gasteiger partial charge on any atom is 0.347 e. The number of benzene rings is 1. The molecule has 2 atom stereocenters. The molecule has 0 radical (unpaired) electrons. The minimum Gasteiger partial charge on any atom is -0.479 e. The zero-order chi connectivity index (χ0) is 19.6. The van der Waals surface area contributed by atoms with Crippen molar-refractivity contribution in [2.45, 2.75) is 58.2 Å². The van der Waals surface area contributed by atoms with Crippen molar-refractivity contribution in [1.82, 2.24) is 5.32 Å². The van der Waals surface area contributed by atoms with Crippen LogP contribution in [-0.4, -0.2) is 30.6 Å². The van der Waals surface area contributed by atoms with E-state index in [1.807, 2.05) is 6.07 Å². The van der Waals surface area contributed by atoms with Crippen LogP contribution in [-0.2, 0) is 14.3 Å². The highest BCUT2D eigenvalue weighted by Crippen LogP contribution is 2.19. The van der Waals surface area contributed by atoms with Gasteiger partial charge in [0.05, 0.1) is 11.6 Å². The number of amides is 1. The van der Waals surface area contributed by atoms with E-state index in [9.17, 15) is 9.59 Å². The van der Waals surface area contributed by atoms with Crippen molar-refractivity contribution >= 4 is 11.9 Å². The van der Waals surface area contributed by atoms with Gasteiger partial charge >= 0.3 is 5.97 Å². The van der Waals surface area contributed by atoms with E-state index in [4.69, 9.17) is 14.7 Å². The molecule has 1 amide bonds. The van der Waals surface area contributed by atoms with Crippen molar-refractivity contribution < 1.29 is 19.1 Å². The van der Waals surface area contributed by atoms with E-state index in [0.29, 0.717) is 17.9 Å². The van der Waals surface area contributed by atoms with Gasteiger partial charge in [0.25, 0.3) is 5.91 Å². The van der Waals surface area contributed by atoms with Gasteiger partial charge in [-0.2, -0.15) is 5.26 Å². The number of ether oxygens (including phenoxy) is 2. The van der Waals surface area contributed by atoms with E-state index in [1.165, 1.54) is 18.4 Å². The molecule has 0 saturated carbocycles. The first-order valence-electron chi connectivity index (χ1n) is 9.32. The van der Waals surface area contributed by atoms with Crippen LogP contribution in [0.4, 0.5) is 0 Å². The van der Waals surface area contributed by atoms with Gasteiger partial charge in [-0.1, -0.05) is 11.6 Å². The van der Waals surface area contributed by atoms with Gasteiger partial charge in [-0.05, 0) is 70.2 Å². The number of hydrogen-bond acceptors (Lipinski definition) is 5. The molecule has 1 aliphatic rings. The third-order valence-electron chi connectivity index (χ3n) is 4.42. The van der Waals surface area contributed by atoms with Crippen LogP contribution >= 0.6 is 0 Å². The third-order valence-corrected chi connectivity index (χ3v) is 4.42. The number of nitrogens with one attached hydrogen (secondary N) is 1. The fourth-order valence-electron chi connectivity index (χ4n) is 2.81. The summed E-state index contributed by atoms with van der Waals surface area (Å²) < 4.78 is 10.7. The number of carbonyl (C=O) groups is 2. The van der Waals surface area contributed by atoms with Gasteiger partial charge in [0, 0.05) is 6.54 Å². The molecule has 0 aromatic heterocycles. The highest BCUT2D eigenvalue weighted by Gasteiger charge is 2.23. The van der Waals surface area contributed by atoms with Crippen LogP contribution in [0.5, 0.6) is 5.75 Å². The lowest BCUT2D eigenvalue weighted by Gasteiger charge is -2.18. The Bertz CT molecular complexity index is 719. The quantitative estimate of drug-likeness (QED) is 0.560. The summed E-state index contributed by atoms with van der Waals surface area (Å²) in [5, 5.41) is 11.6. The summed E-state index contributed by atoms with van der Waals surface area (Å²) in [5.41, 5.74) is 1.89. The van der Waals surface area contributed by atoms with Crippen LogP contribution in [0.2, 0.25) is 0 Å². The summed E-state index contributed by atoms with van der Waals surface area (Å²) in [7, 11) is 0. The summed E-state index contributed by atoms with van der Waals surface area (Å²) in [6.45, 7) is 3.64. The molecular formula is C21H26N2O4. The van der Waals surface area contributed by atoms with Crippen molar-refractivity contribution in [2.75, 3.05) is 6.54 Å². The maximum atomic E-state index is 12.1. The molecule has 0 fully saturated rings. The number of carbonyl (C=O) groups excluding carboxylic acids is 2. The SMILES string of the molecule is C[C@H](OC(=O)[C@@H](C)Oc1ccc(C#N)cc1)C(=O)NCCC1=CCCCC1. The lowest BCUT2D eigenvalue weighted by atomic mass is 9.97. The van der Waals surface area contributed by atoms with Gasteiger partial charge < -0.3 is 14.8 Å². The molecule has 0 bridgehead atoms. The Balaban J connectivity index is 1.73. The van der Waals surface area contributed by atoms with Crippen molar-refractivity contribution in [1.29, 1.82) is 5.26 Å². The van der Waals surface area contributed by atoms with Crippen molar-refractivity contribution in [3.63, 3.8) is 0 Å². The van der Waals surface area contributed by atoms with Crippen molar-refractivity contribution in [3.8, 4) is 11.8 Å². The first-order chi connectivity index (χ1) is 13.0. The molecule has 0 heterocycles. The maximum absolute atomic E-state index is 12.1. The lowest BCUT2D eigenvalue weighted by molar-refractivity contribution is -0.160. The Hall–Kier alpha value is -2.81. The Labute approximate surface area is 160 Å². The normalized spacial score (nSPS) is 15.7. The standard InChI is InChI=1S/C21H26N2O4/c1-15(20(24)23-13-12-17-6-4-3-5-7-17)27-21(25)16(2)26-19-10-8-18(14-22)9-11-19/h6,8-11,15-16H,3-5,7,12-13H2,1-2H3,(H,23,24)/t15-,16+/m0/s1. The number of nitriles is 1. The number of allylic oxidation sites excluding steroid dienone is 1. The molecule has 27 heavy (non-hydrogen) atoms. The number of nitrogens with zero attached hydrogens (tertiary/aromatic N) is 1. The largest absolute Gasteiger partial charge is 0.479 e. The molecule has 1 aromatic carbocycles. The monoisotopic (exact) mass is 370 g/mol. The summed E-state index contributed by atoms with van der Waals surface area (Å²) in [6.07, 6.45) is 6.02. The van der Waals surface area contributed by atoms with Crippen LogP contribution in [0.25, 0.3) is 0 Å². The van der Waals surface area contributed by atoms with Crippen LogP contribution < -0.4 is 10.1 Å². The first-order valence-corrected chi connectivity index (χ1v) is 9.32. The lowest BCUT2D eigenvalue weighted by Crippen LogP contribution is -2.39. The van der Waals surface area contributed by atoms with Crippen LogP contribution in [0, 0.1) is 11.3 Å². The number of hydrogen-bond donors (Lipinski definition) is 1. The van der Waals surface area contributed by atoms with Crippen LogP contribution in [0.1, 0.15) is 51.5 Å². The van der Waals surface area contributed by atoms with Crippen molar-refractivity contribution in [3.05, 3.63) is 41.5 Å². The average Bonchev–Trinajstić information content (AvgIpc) is 2.69. The highest BCUT2D eigenvalue weighted by atomic mass is 16.6. The predicted octanol–water partition coefficient (Wildman–Crippen LogP) is 3.26. The molecule has 1 aliphatic carbocycles. The molecule has 144 valence electrons.